The van der Waals surface area contributed by atoms with E-state index in [2.05, 4.69) is 10.0 Å². The van der Waals surface area contributed by atoms with Crippen LogP contribution in [0.2, 0.25) is 5.02 Å². The number of carbonyl (C=O) groups excluding carboxylic acids is 1. The quantitative estimate of drug-likeness (QED) is 0.790. The molecule has 5 nitrogen and oxygen atoms in total. The summed E-state index contributed by atoms with van der Waals surface area (Å²) < 4.78 is 25.1. The van der Waals surface area contributed by atoms with Crippen LogP contribution in [0.15, 0.2) is 35.7 Å². The minimum Gasteiger partial charge on any atom is -0.344 e. The number of amides is 1. The lowest BCUT2D eigenvalue weighted by Crippen LogP contribution is -2.31. The predicted octanol–water partition coefficient (Wildman–Crippen LogP) is 3.90. The highest BCUT2D eigenvalue weighted by atomic mass is 35.5. The van der Waals surface area contributed by atoms with Crippen LogP contribution in [-0.4, -0.2) is 20.6 Å². The Hall–Kier alpha value is -1.57. The van der Waals surface area contributed by atoms with Crippen LogP contribution in [0.5, 0.6) is 0 Å². The molecule has 2 N–H and O–H groups in total. The average Bonchev–Trinajstić information content (AvgIpc) is 2.99. The van der Waals surface area contributed by atoms with E-state index in [0.717, 1.165) is 11.1 Å². The van der Waals surface area contributed by atoms with Gasteiger partial charge in [-0.25, -0.2) is 8.42 Å². The number of benzene rings is 1. The fraction of sp³-hybridized carbons (Fsp3) is 0.312. The second kappa shape index (κ2) is 7.55. The lowest BCUT2D eigenvalue weighted by molar-refractivity contribution is 0.0926. The van der Waals surface area contributed by atoms with Crippen LogP contribution >= 0.6 is 22.9 Å². The summed E-state index contributed by atoms with van der Waals surface area (Å²) in [4.78, 5) is 13.6. The molecule has 0 spiro atoms. The molecule has 0 fully saturated rings. The second-order valence-electron chi connectivity index (χ2n) is 5.78. The summed E-state index contributed by atoms with van der Waals surface area (Å²) in [5.41, 5.74) is 0.525. The van der Waals surface area contributed by atoms with Gasteiger partial charge in [0.15, 0.2) is 0 Å². The van der Waals surface area contributed by atoms with E-state index in [0.29, 0.717) is 5.56 Å². The van der Waals surface area contributed by atoms with Crippen molar-refractivity contribution < 1.29 is 13.2 Å². The largest absolute Gasteiger partial charge is 0.344 e. The van der Waals surface area contributed by atoms with Gasteiger partial charge in [-0.3, -0.25) is 9.52 Å². The molecule has 24 heavy (non-hydrogen) atoms. The number of halogens is 1. The van der Waals surface area contributed by atoms with Crippen molar-refractivity contribution in [3.8, 4) is 0 Å². The first-order chi connectivity index (χ1) is 11.2. The third kappa shape index (κ3) is 4.96. The van der Waals surface area contributed by atoms with Crippen LogP contribution < -0.4 is 10.0 Å². The third-order valence-corrected chi connectivity index (χ3v) is 5.20. The van der Waals surface area contributed by atoms with Crippen LogP contribution in [0.25, 0.3) is 0 Å². The summed E-state index contributed by atoms with van der Waals surface area (Å²) in [5.74, 6) is -0.0659. The van der Waals surface area contributed by atoms with Crippen molar-refractivity contribution in [1.29, 1.82) is 0 Å². The normalized spacial score (nSPS) is 12.9. The molecular weight excluding hydrogens is 368 g/mol. The first kappa shape index (κ1) is 18.8. The molecule has 0 saturated carbocycles. The molecule has 2 rings (SSSR count). The van der Waals surface area contributed by atoms with E-state index in [9.17, 15) is 13.2 Å². The number of rotatable bonds is 6. The Labute approximate surface area is 151 Å². The number of hydrogen-bond donors (Lipinski definition) is 2. The van der Waals surface area contributed by atoms with E-state index in [4.69, 9.17) is 11.6 Å². The predicted molar refractivity (Wildman–Crippen MR) is 99.3 cm³/mol. The molecule has 0 saturated heterocycles. The monoisotopic (exact) mass is 386 g/mol. The highest BCUT2D eigenvalue weighted by Gasteiger charge is 2.20. The molecule has 0 aliphatic rings. The topological polar surface area (TPSA) is 75.3 Å². The zero-order valence-electron chi connectivity index (χ0n) is 13.5. The fourth-order valence-electron chi connectivity index (χ4n) is 2.20. The van der Waals surface area contributed by atoms with Crippen LogP contribution in [-0.2, 0) is 10.0 Å². The molecule has 0 bridgehead atoms. The molecule has 130 valence electrons. The van der Waals surface area contributed by atoms with Gasteiger partial charge < -0.3 is 5.32 Å². The van der Waals surface area contributed by atoms with Gasteiger partial charge in [-0.15, -0.1) is 11.3 Å². The SMILES string of the molecule is CC(C)C(NC(=O)c1ccc(Cl)c(NS(C)(=O)=O)c1)c1cccs1. The van der Waals surface area contributed by atoms with E-state index in [-0.39, 0.29) is 28.6 Å². The van der Waals surface area contributed by atoms with Crippen molar-refractivity contribution in [2.75, 3.05) is 11.0 Å². The van der Waals surface area contributed by atoms with Crippen LogP contribution in [0.3, 0.4) is 0 Å². The maximum atomic E-state index is 12.6. The van der Waals surface area contributed by atoms with E-state index < -0.39 is 10.0 Å². The average molecular weight is 387 g/mol. The Kier molecular flexibility index (Phi) is 5.90. The number of hydrogen-bond acceptors (Lipinski definition) is 4. The van der Waals surface area contributed by atoms with E-state index >= 15 is 0 Å². The third-order valence-electron chi connectivity index (χ3n) is 3.33. The Balaban J connectivity index is 2.24. The minimum absolute atomic E-state index is 0.112. The van der Waals surface area contributed by atoms with Gasteiger partial charge in [0, 0.05) is 10.4 Å². The summed E-state index contributed by atoms with van der Waals surface area (Å²) in [5, 5.41) is 5.19. The number of thiophene rings is 1. The smallest absolute Gasteiger partial charge is 0.251 e. The van der Waals surface area contributed by atoms with Crippen molar-refractivity contribution in [2.24, 2.45) is 5.92 Å². The summed E-state index contributed by atoms with van der Waals surface area (Å²) in [7, 11) is -3.48. The van der Waals surface area contributed by atoms with Crippen molar-refractivity contribution in [2.45, 2.75) is 19.9 Å². The summed E-state index contributed by atoms with van der Waals surface area (Å²) >= 11 is 7.57. The number of carbonyl (C=O) groups is 1. The van der Waals surface area contributed by atoms with Gasteiger partial charge in [0.2, 0.25) is 10.0 Å². The highest BCUT2D eigenvalue weighted by molar-refractivity contribution is 7.92. The van der Waals surface area contributed by atoms with Crippen molar-refractivity contribution in [3.05, 3.63) is 51.2 Å². The second-order valence-corrected chi connectivity index (χ2v) is 8.91. The minimum atomic E-state index is -3.48. The van der Waals surface area contributed by atoms with Crippen molar-refractivity contribution >= 4 is 44.6 Å². The van der Waals surface area contributed by atoms with Gasteiger partial charge >= 0.3 is 0 Å². The number of anilines is 1. The van der Waals surface area contributed by atoms with Crippen molar-refractivity contribution in [3.63, 3.8) is 0 Å². The molecule has 0 radical (unpaired) electrons. The molecule has 1 atom stereocenters. The summed E-state index contributed by atoms with van der Waals surface area (Å²) in [6.07, 6.45) is 1.03. The Morgan fingerprint density at radius 2 is 1.96 bits per heavy atom. The van der Waals surface area contributed by atoms with Crippen LogP contribution in [0.4, 0.5) is 5.69 Å². The molecule has 0 aliphatic heterocycles. The summed E-state index contributed by atoms with van der Waals surface area (Å²) in [6, 6.07) is 8.31. The van der Waals surface area contributed by atoms with Gasteiger partial charge in [-0.05, 0) is 35.6 Å². The molecule has 1 heterocycles. The Morgan fingerprint density at radius 1 is 1.25 bits per heavy atom. The number of nitrogens with one attached hydrogen (secondary N) is 2. The first-order valence-electron chi connectivity index (χ1n) is 7.29. The van der Waals surface area contributed by atoms with Gasteiger partial charge in [0.05, 0.1) is 23.0 Å². The van der Waals surface area contributed by atoms with Crippen molar-refractivity contribution in [1.82, 2.24) is 5.32 Å². The van der Waals surface area contributed by atoms with E-state index in [1.165, 1.54) is 12.1 Å². The van der Waals surface area contributed by atoms with Gasteiger partial charge in [-0.2, -0.15) is 0 Å². The molecular formula is C16H19ClN2O3S2. The van der Waals surface area contributed by atoms with Crippen LogP contribution in [0.1, 0.15) is 35.1 Å². The summed E-state index contributed by atoms with van der Waals surface area (Å²) in [6.45, 7) is 4.06. The zero-order chi connectivity index (χ0) is 17.9. The molecule has 1 unspecified atom stereocenters. The zero-order valence-corrected chi connectivity index (χ0v) is 15.9. The van der Waals surface area contributed by atoms with Crippen LogP contribution in [0, 0.1) is 5.92 Å². The standard InChI is InChI=1S/C16H19ClN2O3S2/c1-10(2)15(14-5-4-8-23-14)18-16(20)11-6-7-12(17)13(9-11)19-24(3,21)22/h4-10,15,19H,1-3H3,(H,18,20). The molecule has 2 aromatic rings. The van der Waals surface area contributed by atoms with E-state index in [1.54, 1.807) is 17.4 Å². The number of sulfonamides is 1. The molecule has 1 aromatic carbocycles. The molecule has 0 aliphatic carbocycles. The molecule has 1 aromatic heterocycles. The fourth-order valence-corrected chi connectivity index (χ4v) is 3.94. The van der Waals surface area contributed by atoms with Gasteiger partial charge in [0.1, 0.15) is 0 Å². The Morgan fingerprint density at radius 3 is 2.50 bits per heavy atom. The maximum absolute atomic E-state index is 12.6. The molecule has 1 amide bonds. The molecule has 8 heteroatoms. The maximum Gasteiger partial charge on any atom is 0.251 e. The Bertz CT molecular complexity index is 818. The lowest BCUT2D eigenvalue weighted by atomic mass is 10.0. The first-order valence-corrected chi connectivity index (χ1v) is 10.4. The lowest BCUT2D eigenvalue weighted by Gasteiger charge is -2.21. The highest BCUT2D eigenvalue weighted by Crippen LogP contribution is 2.27. The van der Waals surface area contributed by atoms with Gasteiger partial charge in [0.25, 0.3) is 5.91 Å². The van der Waals surface area contributed by atoms with Gasteiger partial charge in [-0.1, -0.05) is 31.5 Å². The van der Waals surface area contributed by atoms with E-state index in [1.807, 2.05) is 31.4 Å².